The van der Waals surface area contributed by atoms with Crippen molar-refractivity contribution in [3.63, 3.8) is 0 Å². The molecule has 0 aliphatic rings. The van der Waals surface area contributed by atoms with E-state index in [-0.39, 0.29) is 44.0 Å². The maximum absolute atomic E-state index is 15.1. The number of hydrogen-bond donors (Lipinski definition) is 0. The average molecular weight is 791 g/mol. The Morgan fingerprint density at radius 3 is 1.39 bits per heavy atom. The van der Waals surface area contributed by atoms with Crippen LogP contribution in [0.1, 0.15) is 55.2 Å². The summed E-state index contributed by atoms with van der Waals surface area (Å²) in [4.78, 5) is 21.9. The van der Waals surface area contributed by atoms with E-state index in [9.17, 15) is 22.8 Å². The summed E-state index contributed by atoms with van der Waals surface area (Å²) < 4.78 is 132. The van der Waals surface area contributed by atoms with Crippen LogP contribution < -0.4 is 18.9 Å². The molecule has 0 spiro atoms. The Balaban J connectivity index is 1.53. The second-order valence-corrected chi connectivity index (χ2v) is 11.3. The van der Waals surface area contributed by atoms with Gasteiger partial charge in [-0.15, -0.1) is 11.8 Å². The Bertz CT molecular complexity index is 1890. The number of ether oxygens (including phenoxy) is 6. The lowest BCUT2D eigenvalue weighted by molar-refractivity contribution is -0.193. The molecule has 15 heteroatoms. The molecule has 0 atom stereocenters. The summed E-state index contributed by atoms with van der Waals surface area (Å²) in [7, 11) is 0. The zero-order chi connectivity index (χ0) is 41.0. The molecule has 0 saturated carbocycles. The van der Waals surface area contributed by atoms with E-state index in [1.807, 2.05) is 0 Å². The molecule has 0 unspecified atom stereocenters. The molecule has 0 fully saturated rings. The lowest BCUT2D eigenvalue weighted by atomic mass is 10.1. The van der Waals surface area contributed by atoms with Crippen LogP contribution >= 0.6 is 0 Å². The van der Waals surface area contributed by atoms with E-state index in [4.69, 9.17) is 18.9 Å². The summed E-state index contributed by atoms with van der Waals surface area (Å²) in [6, 6.07) is 9.82. The molecule has 0 aliphatic heterocycles. The standard InChI is InChI=1S/C41H37F7O8/c1-3-37(49)53-27-13-9-5-7-11-25-51-32-19-15-30(16-20-32)40(45,46)55-34-23-24-36(35(29-34)39(42,43)44)56-41(47,48)31-17-21-33(22-18-31)52-26-12-8-6-10-14-28-54-38(50)4-2/h3-4,15-24,29H,1-2,7-8,11-14,25-28H2. The lowest BCUT2D eigenvalue weighted by Crippen LogP contribution is -2.24. The van der Waals surface area contributed by atoms with Gasteiger partial charge in [0.25, 0.3) is 0 Å². The van der Waals surface area contributed by atoms with Gasteiger partial charge in [-0.25, -0.2) is 9.59 Å². The fourth-order valence-electron chi connectivity index (χ4n) is 4.36. The smallest absolute Gasteiger partial charge is 0.426 e. The van der Waals surface area contributed by atoms with Crippen LogP contribution in [0.15, 0.2) is 92.0 Å². The minimum atomic E-state index is -5.29. The van der Waals surface area contributed by atoms with Gasteiger partial charge < -0.3 is 28.4 Å². The van der Waals surface area contributed by atoms with Crippen molar-refractivity contribution in [1.82, 2.24) is 0 Å². The SMILES string of the molecule is C=CC(=O)OCCC#CCCCOc1ccc(C(F)(F)Oc2ccc(OC(F)(F)c3ccc(OCCCC#CCCOC(=O)C=C)cc3)c(C(F)(F)F)c2)cc1. The fourth-order valence-corrected chi connectivity index (χ4v) is 4.36. The van der Waals surface area contributed by atoms with Crippen molar-refractivity contribution in [3.8, 4) is 46.7 Å². The van der Waals surface area contributed by atoms with Crippen molar-refractivity contribution in [2.24, 2.45) is 0 Å². The van der Waals surface area contributed by atoms with E-state index < -0.39 is 58.5 Å². The Morgan fingerprint density at radius 1 is 0.554 bits per heavy atom. The van der Waals surface area contributed by atoms with Gasteiger partial charge in [0.05, 0.1) is 24.3 Å². The highest BCUT2D eigenvalue weighted by Gasteiger charge is 2.42. The van der Waals surface area contributed by atoms with Gasteiger partial charge in [-0.1, -0.05) is 25.0 Å². The van der Waals surface area contributed by atoms with Crippen molar-refractivity contribution in [2.45, 2.75) is 56.9 Å². The third kappa shape index (κ3) is 15.3. The number of carbonyl (C=O) groups excluding carboxylic acids is 2. The summed E-state index contributed by atoms with van der Waals surface area (Å²) in [5.74, 6) is 8.45. The second-order valence-electron chi connectivity index (χ2n) is 11.3. The van der Waals surface area contributed by atoms with Gasteiger partial charge in [-0.3, -0.25) is 0 Å². The topological polar surface area (TPSA) is 89.5 Å². The highest BCUT2D eigenvalue weighted by molar-refractivity contribution is 5.81. The van der Waals surface area contributed by atoms with E-state index in [1.54, 1.807) is 0 Å². The number of halogens is 7. The van der Waals surface area contributed by atoms with Crippen LogP contribution in [-0.4, -0.2) is 38.4 Å². The molecule has 0 aromatic heterocycles. The third-order valence-electron chi connectivity index (χ3n) is 7.08. The summed E-state index contributed by atoms with van der Waals surface area (Å²) in [6.45, 7) is 7.21. The summed E-state index contributed by atoms with van der Waals surface area (Å²) in [5.41, 5.74) is -3.28. The van der Waals surface area contributed by atoms with E-state index in [0.717, 1.165) is 36.4 Å². The minimum Gasteiger partial charge on any atom is -0.494 e. The molecular formula is C41H37F7O8. The average Bonchev–Trinajstić information content (AvgIpc) is 3.16. The van der Waals surface area contributed by atoms with Crippen molar-refractivity contribution in [3.05, 3.63) is 109 Å². The first-order valence-electron chi connectivity index (χ1n) is 17.0. The molecule has 0 saturated heterocycles. The van der Waals surface area contributed by atoms with Gasteiger partial charge in [0.15, 0.2) is 0 Å². The highest BCUT2D eigenvalue weighted by Crippen LogP contribution is 2.43. The third-order valence-corrected chi connectivity index (χ3v) is 7.08. The largest absolute Gasteiger partial charge is 0.494 e. The van der Waals surface area contributed by atoms with Crippen LogP contribution in [0.25, 0.3) is 0 Å². The van der Waals surface area contributed by atoms with Crippen LogP contribution in [-0.2, 0) is 37.5 Å². The first-order valence-corrected chi connectivity index (χ1v) is 17.0. The van der Waals surface area contributed by atoms with Gasteiger partial charge in [-0.05, 0) is 79.6 Å². The Morgan fingerprint density at radius 2 is 0.964 bits per heavy atom. The molecule has 0 aliphatic carbocycles. The Kier molecular flexibility index (Phi) is 17.2. The van der Waals surface area contributed by atoms with E-state index in [0.29, 0.717) is 50.7 Å². The molecule has 0 N–H and O–H groups in total. The number of hydrogen-bond acceptors (Lipinski definition) is 8. The summed E-state index contributed by atoms with van der Waals surface area (Å²) >= 11 is 0. The van der Waals surface area contributed by atoms with Gasteiger partial charge >= 0.3 is 30.3 Å². The number of esters is 2. The number of rotatable bonds is 20. The van der Waals surface area contributed by atoms with Crippen molar-refractivity contribution >= 4 is 11.9 Å². The number of unbranched alkanes of at least 4 members (excludes halogenated alkanes) is 2. The molecule has 0 bridgehead atoms. The molecule has 3 aromatic carbocycles. The molecule has 3 aromatic rings. The normalized spacial score (nSPS) is 11.1. The van der Waals surface area contributed by atoms with Crippen molar-refractivity contribution in [1.29, 1.82) is 0 Å². The van der Waals surface area contributed by atoms with Crippen LogP contribution in [0.3, 0.4) is 0 Å². The van der Waals surface area contributed by atoms with Crippen LogP contribution in [0.5, 0.6) is 23.0 Å². The summed E-state index contributed by atoms with van der Waals surface area (Å²) in [5, 5.41) is 0. The molecule has 0 heterocycles. The van der Waals surface area contributed by atoms with E-state index in [2.05, 4.69) is 46.3 Å². The van der Waals surface area contributed by atoms with Crippen LogP contribution in [0, 0.1) is 23.7 Å². The number of alkyl halides is 7. The van der Waals surface area contributed by atoms with E-state index in [1.165, 1.54) is 24.3 Å². The van der Waals surface area contributed by atoms with Gasteiger partial charge in [0.1, 0.15) is 41.8 Å². The highest BCUT2D eigenvalue weighted by atomic mass is 19.4. The Hall–Kier alpha value is -6.09. The molecule has 3 rings (SSSR count). The molecule has 8 nitrogen and oxygen atoms in total. The quantitative estimate of drug-likeness (QED) is 0.0368. The minimum absolute atomic E-state index is 0.126. The predicted octanol–water partition coefficient (Wildman–Crippen LogP) is 9.53. The van der Waals surface area contributed by atoms with E-state index >= 15 is 17.6 Å². The second kappa shape index (κ2) is 21.7. The number of carbonyl (C=O) groups is 2. The van der Waals surface area contributed by atoms with Crippen molar-refractivity contribution < 1.29 is 68.7 Å². The molecular weight excluding hydrogens is 753 g/mol. The van der Waals surface area contributed by atoms with Crippen molar-refractivity contribution in [2.75, 3.05) is 26.4 Å². The maximum atomic E-state index is 15.1. The summed E-state index contributed by atoms with van der Waals surface area (Å²) in [6.07, 6.45) is -8.99. The van der Waals surface area contributed by atoms with Gasteiger partial charge in [0.2, 0.25) is 0 Å². The molecule has 298 valence electrons. The van der Waals surface area contributed by atoms with Crippen LogP contribution in [0.2, 0.25) is 0 Å². The molecule has 0 radical (unpaired) electrons. The lowest BCUT2D eigenvalue weighted by Gasteiger charge is -2.23. The van der Waals surface area contributed by atoms with Crippen LogP contribution in [0.4, 0.5) is 30.7 Å². The fraction of sp³-hybridized carbons (Fsp3) is 0.317. The monoisotopic (exact) mass is 790 g/mol. The van der Waals surface area contributed by atoms with Gasteiger partial charge in [0, 0.05) is 37.8 Å². The number of benzene rings is 3. The zero-order valence-corrected chi connectivity index (χ0v) is 29.9. The zero-order valence-electron chi connectivity index (χ0n) is 29.9. The first-order chi connectivity index (χ1) is 26.6. The molecule has 0 amide bonds. The Labute approximate surface area is 319 Å². The predicted molar refractivity (Wildman–Crippen MR) is 190 cm³/mol. The first kappa shape index (κ1) is 44.3. The molecule has 56 heavy (non-hydrogen) atoms. The van der Waals surface area contributed by atoms with Gasteiger partial charge in [-0.2, -0.15) is 30.7 Å². The maximum Gasteiger partial charge on any atom is 0.426 e.